The molecule has 2 aromatic rings. The number of carbonyl (C=O) groups excluding carboxylic acids is 3. The van der Waals surface area contributed by atoms with Crippen molar-refractivity contribution in [2.75, 3.05) is 0 Å². The number of esters is 1. The Labute approximate surface area is 192 Å². The molecule has 0 saturated heterocycles. The molecule has 0 radical (unpaired) electrons. The fraction of sp³-hybridized carbons (Fsp3) is 0.348. The minimum Gasteiger partial charge on any atom is -0.449 e. The second-order valence-electron chi connectivity index (χ2n) is 7.26. The first-order chi connectivity index (χ1) is 15.6. The molecule has 174 valence electrons. The molecule has 0 aliphatic carbocycles. The van der Waals surface area contributed by atoms with Crippen molar-refractivity contribution < 1.29 is 36.6 Å². The SMILES string of the molecule is CCCCCC(C#Cc1ccc2c3c(cccc13)C(=O)N(OSC(F)(F)F)C2=O)OC(C)=O. The quantitative estimate of drug-likeness (QED) is 0.174. The van der Waals surface area contributed by atoms with Gasteiger partial charge in [-0.2, -0.15) is 17.5 Å². The minimum absolute atomic E-state index is 0.0213. The Morgan fingerprint density at radius 3 is 2.45 bits per heavy atom. The highest BCUT2D eigenvalue weighted by atomic mass is 32.2. The van der Waals surface area contributed by atoms with E-state index in [1.165, 1.54) is 25.1 Å². The Morgan fingerprint density at radius 1 is 1.12 bits per heavy atom. The van der Waals surface area contributed by atoms with Gasteiger partial charge in [0.15, 0.2) is 6.10 Å². The highest BCUT2D eigenvalue weighted by Gasteiger charge is 2.39. The summed E-state index contributed by atoms with van der Waals surface area (Å²) in [6.45, 7) is 3.36. The standard InChI is InChI=1S/C23H20F3NO5S/c1-3-4-5-7-16(31-14(2)28)12-10-15-11-13-19-20-17(15)8-6-9-18(20)21(29)27(22(19)30)32-33-23(24,25)26/h6,8-9,11,13,16H,3-5,7H2,1-2H3. The molecule has 0 aromatic heterocycles. The van der Waals surface area contributed by atoms with Gasteiger partial charge in [0.1, 0.15) is 12.0 Å². The number of carbonyl (C=O) groups is 3. The van der Waals surface area contributed by atoms with Crippen molar-refractivity contribution in [2.24, 2.45) is 0 Å². The summed E-state index contributed by atoms with van der Waals surface area (Å²) in [6.07, 6.45) is 2.77. The molecule has 33 heavy (non-hydrogen) atoms. The molecule has 0 spiro atoms. The normalized spacial score (nSPS) is 14.2. The summed E-state index contributed by atoms with van der Waals surface area (Å²) >= 11 is -0.941. The first-order valence-corrected chi connectivity index (χ1v) is 10.9. The van der Waals surface area contributed by atoms with E-state index in [-0.39, 0.29) is 21.6 Å². The molecule has 0 saturated carbocycles. The number of nitrogens with zero attached hydrogens (tertiary/aromatic N) is 1. The van der Waals surface area contributed by atoms with Gasteiger partial charge in [-0.05, 0) is 36.4 Å². The Hall–Kier alpha value is -3.03. The van der Waals surface area contributed by atoms with Gasteiger partial charge in [0, 0.05) is 17.9 Å². The molecular weight excluding hydrogens is 459 g/mol. The molecule has 1 unspecified atom stereocenters. The van der Waals surface area contributed by atoms with Crippen LogP contribution in [0.15, 0.2) is 30.3 Å². The number of imide groups is 1. The highest BCUT2D eigenvalue weighted by Crippen LogP contribution is 2.36. The largest absolute Gasteiger partial charge is 0.470 e. The zero-order chi connectivity index (χ0) is 24.2. The Balaban J connectivity index is 1.97. The maximum absolute atomic E-state index is 12.7. The van der Waals surface area contributed by atoms with Crippen LogP contribution >= 0.6 is 12.0 Å². The van der Waals surface area contributed by atoms with Crippen molar-refractivity contribution in [1.82, 2.24) is 5.06 Å². The summed E-state index contributed by atoms with van der Waals surface area (Å²) in [6, 6.07) is 7.52. The number of rotatable bonds is 7. The van der Waals surface area contributed by atoms with E-state index in [1.807, 2.05) is 0 Å². The van der Waals surface area contributed by atoms with E-state index >= 15 is 0 Å². The van der Waals surface area contributed by atoms with Crippen LogP contribution in [0.4, 0.5) is 13.2 Å². The summed E-state index contributed by atoms with van der Waals surface area (Å²) in [7, 11) is 0. The van der Waals surface area contributed by atoms with Crippen molar-refractivity contribution in [1.29, 1.82) is 0 Å². The van der Waals surface area contributed by atoms with E-state index in [0.29, 0.717) is 17.4 Å². The van der Waals surface area contributed by atoms with Crippen LogP contribution in [-0.4, -0.2) is 34.5 Å². The van der Waals surface area contributed by atoms with Crippen LogP contribution in [0.2, 0.25) is 0 Å². The van der Waals surface area contributed by atoms with Crippen molar-refractivity contribution >= 4 is 40.6 Å². The summed E-state index contributed by atoms with van der Waals surface area (Å²) < 4.78 is 47.2. The van der Waals surface area contributed by atoms with Crippen LogP contribution < -0.4 is 0 Å². The van der Waals surface area contributed by atoms with Gasteiger partial charge in [-0.15, -0.1) is 5.06 Å². The summed E-state index contributed by atoms with van der Waals surface area (Å²) in [5.41, 5.74) is -4.26. The van der Waals surface area contributed by atoms with Crippen LogP contribution in [0, 0.1) is 11.8 Å². The molecule has 1 aliphatic rings. The molecule has 6 nitrogen and oxygen atoms in total. The third kappa shape index (κ3) is 5.86. The molecule has 1 heterocycles. The predicted octanol–water partition coefficient (Wildman–Crippen LogP) is 5.40. The fourth-order valence-corrected chi connectivity index (χ4v) is 3.72. The topological polar surface area (TPSA) is 72.9 Å². The zero-order valence-electron chi connectivity index (χ0n) is 17.8. The van der Waals surface area contributed by atoms with Gasteiger partial charge < -0.3 is 4.74 Å². The molecule has 2 aromatic carbocycles. The molecule has 10 heteroatoms. The number of amides is 2. The number of halogens is 3. The summed E-state index contributed by atoms with van der Waals surface area (Å²) in [5.74, 6) is 3.44. The zero-order valence-corrected chi connectivity index (χ0v) is 18.6. The summed E-state index contributed by atoms with van der Waals surface area (Å²) in [5, 5.41) is 0.870. The van der Waals surface area contributed by atoms with E-state index in [0.717, 1.165) is 19.3 Å². The van der Waals surface area contributed by atoms with Gasteiger partial charge in [-0.3, -0.25) is 14.4 Å². The third-order valence-corrected chi connectivity index (χ3v) is 5.24. The lowest BCUT2D eigenvalue weighted by molar-refractivity contribution is -0.144. The number of hydrogen-bond acceptors (Lipinski definition) is 6. The number of ether oxygens (including phenoxy) is 1. The predicted molar refractivity (Wildman–Crippen MR) is 116 cm³/mol. The maximum Gasteiger partial charge on any atom is 0.470 e. The fourth-order valence-electron chi connectivity index (χ4n) is 3.43. The summed E-state index contributed by atoms with van der Waals surface area (Å²) in [4.78, 5) is 36.8. The van der Waals surface area contributed by atoms with Crippen LogP contribution in [0.25, 0.3) is 10.8 Å². The second kappa shape index (κ2) is 10.3. The molecule has 2 amide bonds. The monoisotopic (exact) mass is 479 g/mol. The average molecular weight is 479 g/mol. The first kappa shape index (κ1) is 24.6. The Kier molecular flexibility index (Phi) is 7.66. The van der Waals surface area contributed by atoms with Gasteiger partial charge in [0.2, 0.25) is 0 Å². The van der Waals surface area contributed by atoms with Crippen molar-refractivity contribution in [2.45, 2.75) is 51.1 Å². The minimum atomic E-state index is -4.79. The van der Waals surface area contributed by atoms with E-state index < -0.39 is 41.4 Å². The first-order valence-electron chi connectivity index (χ1n) is 10.2. The van der Waals surface area contributed by atoms with Gasteiger partial charge in [-0.25, -0.2) is 0 Å². The average Bonchev–Trinajstić information content (AvgIpc) is 2.74. The van der Waals surface area contributed by atoms with E-state index in [2.05, 4.69) is 23.0 Å². The number of hydrogen-bond donors (Lipinski definition) is 0. The highest BCUT2D eigenvalue weighted by molar-refractivity contribution is 7.95. The molecule has 0 N–H and O–H groups in total. The molecular formula is C23H20F3NO5S. The molecule has 0 fully saturated rings. The maximum atomic E-state index is 12.7. The van der Waals surface area contributed by atoms with Crippen molar-refractivity contribution in [3.05, 3.63) is 47.0 Å². The van der Waals surface area contributed by atoms with Crippen molar-refractivity contribution in [3.8, 4) is 11.8 Å². The Bertz CT molecular complexity index is 1130. The number of hydroxylamine groups is 2. The van der Waals surface area contributed by atoms with Gasteiger partial charge in [-0.1, -0.05) is 43.7 Å². The van der Waals surface area contributed by atoms with Crippen LogP contribution in [-0.2, 0) is 13.8 Å². The van der Waals surface area contributed by atoms with E-state index in [1.54, 1.807) is 12.1 Å². The Morgan fingerprint density at radius 2 is 1.82 bits per heavy atom. The third-order valence-electron chi connectivity index (χ3n) is 4.82. The van der Waals surface area contributed by atoms with Gasteiger partial charge in [0.25, 0.3) is 11.8 Å². The van der Waals surface area contributed by atoms with Crippen LogP contribution in [0.3, 0.4) is 0 Å². The molecule has 1 aliphatic heterocycles. The number of benzene rings is 2. The van der Waals surface area contributed by atoms with Gasteiger partial charge >= 0.3 is 11.5 Å². The lowest BCUT2D eigenvalue weighted by atomic mass is 9.92. The van der Waals surface area contributed by atoms with Crippen molar-refractivity contribution in [3.63, 3.8) is 0 Å². The number of alkyl halides is 3. The smallest absolute Gasteiger partial charge is 0.449 e. The second-order valence-corrected chi connectivity index (χ2v) is 8.04. The lowest BCUT2D eigenvalue weighted by Crippen LogP contribution is -2.39. The van der Waals surface area contributed by atoms with Gasteiger partial charge in [0.05, 0.1) is 11.1 Å². The number of unbranched alkanes of at least 4 members (excludes halogenated alkanes) is 2. The molecule has 0 bridgehead atoms. The van der Waals surface area contributed by atoms with Crippen LogP contribution in [0.5, 0.6) is 0 Å². The van der Waals surface area contributed by atoms with Crippen LogP contribution in [0.1, 0.15) is 65.8 Å². The van der Waals surface area contributed by atoms with E-state index in [9.17, 15) is 27.6 Å². The molecule has 1 atom stereocenters. The molecule has 3 rings (SSSR count). The van der Waals surface area contributed by atoms with E-state index in [4.69, 9.17) is 4.74 Å². The lowest BCUT2D eigenvalue weighted by Gasteiger charge is -2.25.